The predicted molar refractivity (Wildman–Crippen MR) is 103 cm³/mol. The third kappa shape index (κ3) is 4.39. The Morgan fingerprint density at radius 3 is 2.48 bits per heavy atom. The van der Waals surface area contributed by atoms with Crippen LogP contribution in [-0.2, 0) is 14.9 Å². The van der Waals surface area contributed by atoms with E-state index in [1.54, 1.807) is 6.92 Å². The van der Waals surface area contributed by atoms with Crippen LogP contribution in [0.25, 0.3) is 11.3 Å². The molecule has 6 heteroatoms. The van der Waals surface area contributed by atoms with Crippen molar-refractivity contribution < 1.29 is 18.8 Å². The summed E-state index contributed by atoms with van der Waals surface area (Å²) >= 11 is 0. The molecule has 146 valence electrons. The molecule has 1 N–H and O–H groups in total. The molecular weight excluding hydrogens is 344 g/mol. The van der Waals surface area contributed by atoms with E-state index in [0.717, 1.165) is 5.56 Å². The van der Waals surface area contributed by atoms with E-state index >= 15 is 0 Å². The van der Waals surface area contributed by atoms with Crippen LogP contribution >= 0.6 is 0 Å². The molecule has 1 aromatic carbocycles. The molecule has 6 nitrogen and oxygen atoms in total. The molecular formula is C21H28N2O4. The van der Waals surface area contributed by atoms with E-state index in [2.05, 4.69) is 43.4 Å². The number of rotatable bonds is 4. The van der Waals surface area contributed by atoms with Crippen LogP contribution in [0.3, 0.4) is 0 Å². The summed E-state index contributed by atoms with van der Waals surface area (Å²) < 4.78 is 16.7. The Kier molecular flexibility index (Phi) is 5.14. The third-order valence-electron chi connectivity index (χ3n) is 4.66. The lowest BCUT2D eigenvalue weighted by atomic mass is 9.86. The highest BCUT2D eigenvalue weighted by atomic mass is 16.7. The van der Waals surface area contributed by atoms with Crippen molar-refractivity contribution in [2.24, 2.45) is 0 Å². The third-order valence-corrected chi connectivity index (χ3v) is 4.66. The minimum atomic E-state index is -0.609. The molecule has 1 aromatic heterocycles. The lowest BCUT2D eigenvalue weighted by Crippen LogP contribution is -2.34. The molecule has 1 atom stereocenters. The molecule has 1 unspecified atom stereocenters. The zero-order valence-electron chi connectivity index (χ0n) is 16.9. The first-order valence-corrected chi connectivity index (χ1v) is 9.24. The van der Waals surface area contributed by atoms with Gasteiger partial charge in [0.2, 0.25) is 0 Å². The number of carbonyl (C=O) groups is 1. The quantitative estimate of drug-likeness (QED) is 0.883. The Labute approximate surface area is 160 Å². The minimum absolute atomic E-state index is 0.0627. The highest BCUT2D eigenvalue weighted by Gasteiger charge is 2.33. The maximum absolute atomic E-state index is 12.8. The lowest BCUT2D eigenvalue weighted by Gasteiger charge is -2.19. The van der Waals surface area contributed by atoms with Crippen molar-refractivity contribution in [2.75, 3.05) is 13.2 Å². The van der Waals surface area contributed by atoms with Crippen LogP contribution in [-0.4, -0.2) is 36.1 Å². The number of benzene rings is 1. The summed E-state index contributed by atoms with van der Waals surface area (Å²) in [6.45, 7) is 12.8. The van der Waals surface area contributed by atoms with Gasteiger partial charge in [-0.05, 0) is 31.7 Å². The van der Waals surface area contributed by atoms with Crippen molar-refractivity contribution in [1.29, 1.82) is 0 Å². The predicted octanol–water partition coefficient (Wildman–Crippen LogP) is 3.83. The van der Waals surface area contributed by atoms with Gasteiger partial charge in [-0.15, -0.1) is 0 Å². The molecule has 1 aliphatic heterocycles. The number of carbonyl (C=O) groups excluding carboxylic acids is 1. The van der Waals surface area contributed by atoms with E-state index in [9.17, 15) is 4.79 Å². The van der Waals surface area contributed by atoms with Gasteiger partial charge < -0.3 is 19.3 Å². The van der Waals surface area contributed by atoms with Crippen LogP contribution in [0.4, 0.5) is 0 Å². The molecule has 0 aliphatic carbocycles. The van der Waals surface area contributed by atoms with Crippen LogP contribution in [0.15, 0.2) is 28.8 Å². The van der Waals surface area contributed by atoms with Gasteiger partial charge in [0.15, 0.2) is 11.5 Å². The summed E-state index contributed by atoms with van der Waals surface area (Å²) in [6, 6.07) is 8.04. The number of aromatic nitrogens is 1. The number of nitrogens with one attached hydrogen (secondary N) is 1. The first kappa shape index (κ1) is 19.6. The van der Waals surface area contributed by atoms with E-state index in [1.165, 1.54) is 5.56 Å². The first-order valence-electron chi connectivity index (χ1n) is 9.24. The van der Waals surface area contributed by atoms with Crippen LogP contribution in [0, 0.1) is 6.92 Å². The molecule has 1 amide bonds. The standard InChI is InChI=1S/C21H28N2O4/c1-13-17(19(24)22-11-16-12-25-21(5,6)26-16)18(27-23-13)14-7-9-15(10-8-14)20(2,3)4/h7-10,16H,11-12H2,1-6H3,(H,22,24). The van der Waals surface area contributed by atoms with E-state index in [0.29, 0.717) is 30.2 Å². The Hall–Kier alpha value is -2.18. The second-order valence-electron chi connectivity index (χ2n) is 8.46. The van der Waals surface area contributed by atoms with Crippen LogP contribution in [0.1, 0.15) is 56.2 Å². The van der Waals surface area contributed by atoms with Crippen LogP contribution in [0.2, 0.25) is 0 Å². The van der Waals surface area contributed by atoms with E-state index in [-0.39, 0.29) is 17.4 Å². The topological polar surface area (TPSA) is 73.6 Å². The summed E-state index contributed by atoms with van der Waals surface area (Å²) in [5, 5.41) is 6.90. The molecule has 1 saturated heterocycles. The Balaban J connectivity index is 1.75. The van der Waals surface area contributed by atoms with E-state index in [4.69, 9.17) is 14.0 Å². The number of ether oxygens (including phenoxy) is 2. The minimum Gasteiger partial charge on any atom is -0.355 e. The average Bonchev–Trinajstić information content (AvgIpc) is 3.14. The van der Waals surface area contributed by atoms with Crippen molar-refractivity contribution in [3.63, 3.8) is 0 Å². The molecule has 1 aliphatic rings. The monoisotopic (exact) mass is 372 g/mol. The number of amides is 1. The number of aryl methyl sites for hydroxylation is 1. The van der Waals surface area contributed by atoms with E-state index in [1.807, 2.05) is 26.0 Å². The number of hydrogen-bond donors (Lipinski definition) is 1. The second-order valence-corrected chi connectivity index (χ2v) is 8.46. The normalized spacial score (nSPS) is 19.3. The van der Waals surface area contributed by atoms with Crippen molar-refractivity contribution in [3.8, 4) is 11.3 Å². The fraction of sp³-hybridized carbons (Fsp3) is 0.524. The Morgan fingerprint density at radius 1 is 1.26 bits per heavy atom. The molecule has 1 fully saturated rings. The van der Waals surface area contributed by atoms with Crippen LogP contribution in [0.5, 0.6) is 0 Å². The molecule has 0 radical (unpaired) electrons. The van der Waals surface area contributed by atoms with Gasteiger partial charge in [0.25, 0.3) is 5.91 Å². The smallest absolute Gasteiger partial charge is 0.257 e. The van der Waals surface area contributed by atoms with E-state index < -0.39 is 5.79 Å². The summed E-state index contributed by atoms with van der Waals surface area (Å²) in [4.78, 5) is 12.8. The summed E-state index contributed by atoms with van der Waals surface area (Å²) in [6.07, 6.45) is -0.168. The Morgan fingerprint density at radius 2 is 1.93 bits per heavy atom. The SMILES string of the molecule is Cc1noc(-c2ccc(C(C)(C)C)cc2)c1C(=O)NCC1COC(C)(C)O1. The summed E-state index contributed by atoms with van der Waals surface area (Å²) in [5.74, 6) is -0.353. The van der Waals surface area contributed by atoms with Gasteiger partial charge in [0.05, 0.1) is 12.3 Å². The summed E-state index contributed by atoms with van der Waals surface area (Å²) in [5.41, 5.74) is 3.13. The lowest BCUT2D eigenvalue weighted by molar-refractivity contribution is -0.137. The first-order chi connectivity index (χ1) is 12.6. The van der Waals surface area contributed by atoms with Gasteiger partial charge in [0, 0.05) is 12.1 Å². The second kappa shape index (κ2) is 7.09. The number of hydrogen-bond acceptors (Lipinski definition) is 5. The van der Waals surface area contributed by atoms with Crippen molar-refractivity contribution >= 4 is 5.91 Å². The largest absolute Gasteiger partial charge is 0.355 e. The van der Waals surface area contributed by atoms with Gasteiger partial charge in [-0.3, -0.25) is 4.79 Å². The van der Waals surface area contributed by atoms with Crippen molar-refractivity contribution in [2.45, 2.75) is 58.8 Å². The Bertz CT molecular complexity index is 816. The van der Waals surface area contributed by atoms with Crippen molar-refractivity contribution in [1.82, 2.24) is 10.5 Å². The fourth-order valence-electron chi connectivity index (χ4n) is 3.11. The highest BCUT2D eigenvalue weighted by Crippen LogP contribution is 2.29. The molecule has 27 heavy (non-hydrogen) atoms. The van der Waals surface area contributed by atoms with Crippen LogP contribution < -0.4 is 5.32 Å². The zero-order chi connectivity index (χ0) is 19.8. The van der Waals surface area contributed by atoms with Gasteiger partial charge in [0.1, 0.15) is 11.7 Å². The summed E-state index contributed by atoms with van der Waals surface area (Å²) in [7, 11) is 0. The molecule has 3 rings (SSSR count). The average molecular weight is 372 g/mol. The highest BCUT2D eigenvalue weighted by molar-refractivity contribution is 6.00. The van der Waals surface area contributed by atoms with Gasteiger partial charge in [-0.1, -0.05) is 50.2 Å². The van der Waals surface area contributed by atoms with Gasteiger partial charge in [-0.2, -0.15) is 0 Å². The van der Waals surface area contributed by atoms with Crippen molar-refractivity contribution in [3.05, 3.63) is 41.1 Å². The zero-order valence-corrected chi connectivity index (χ0v) is 16.9. The molecule has 2 aromatic rings. The van der Waals surface area contributed by atoms with Gasteiger partial charge >= 0.3 is 0 Å². The van der Waals surface area contributed by atoms with Gasteiger partial charge in [-0.25, -0.2) is 0 Å². The number of nitrogens with zero attached hydrogens (tertiary/aromatic N) is 1. The molecule has 2 heterocycles. The maximum Gasteiger partial charge on any atom is 0.257 e. The molecule has 0 bridgehead atoms. The molecule has 0 spiro atoms. The maximum atomic E-state index is 12.8. The molecule has 0 saturated carbocycles. The fourth-order valence-corrected chi connectivity index (χ4v) is 3.11.